The molecule has 42 heavy (non-hydrogen) atoms. The Hall–Kier alpha value is -3.34. The van der Waals surface area contributed by atoms with Crippen molar-refractivity contribution < 1.29 is 8.42 Å². The Morgan fingerprint density at radius 1 is 0.857 bits per heavy atom. The molecule has 1 saturated heterocycles. The molecule has 1 aromatic heterocycles. The average Bonchev–Trinajstić information content (AvgIpc) is 2.97. The molecule has 220 valence electrons. The number of anilines is 2. The minimum absolute atomic E-state index is 0.0813. The van der Waals surface area contributed by atoms with E-state index in [1.54, 1.807) is 12.1 Å². The molecule has 1 fully saturated rings. The lowest BCUT2D eigenvalue weighted by Gasteiger charge is -2.40. The number of primary sulfonamides is 1. The molecule has 2 N–H and O–H groups in total. The first kappa shape index (κ1) is 30.1. The highest BCUT2D eigenvalue weighted by atomic mass is 35.5. The first-order chi connectivity index (χ1) is 20.2. The second-order valence-electron chi connectivity index (χ2n) is 10.7. The van der Waals surface area contributed by atoms with Gasteiger partial charge in [0, 0.05) is 54.8 Å². The summed E-state index contributed by atoms with van der Waals surface area (Å²) in [5, 5.41) is 6.06. The van der Waals surface area contributed by atoms with Crippen molar-refractivity contribution in [1.29, 1.82) is 0 Å². The first-order valence-corrected chi connectivity index (χ1v) is 16.1. The van der Waals surface area contributed by atoms with Crippen molar-refractivity contribution in [2.24, 2.45) is 5.14 Å². The maximum Gasteiger partial charge on any atom is 0.238 e. The number of sulfonamides is 1. The van der Waals surface area contributed by atoms with Gasteiger partial charge in [0.25, 0.3) is 0 Å². The van der Waals surface area contributed by atoms with Crippen LogP contribution in [0.25, 0.3) is 0 Å². The number of rotatable bonds is 10. The van der Waals surface area contributed by atoms with Crippen LogP contribution in [0, 0.1) is 13.8 Å². The van der Waals surface area contributed by atoms with Crippen LogP contribution in [0.4, 0.5) is 11.6 Å². The van der Waals surface area contributed by atoms with Crippen LogP contribution in [0.1, 0.15) is 35.0 Å². The van der Waals surface area contributed by atoms with E-state index < -0.39 is 10.0 Å². The van der Waals surface area contributed by atoms with E-state index in [0.717, 1.165) is 61.2 Å². The van der Waals surface area contributed by atoms with Crippen LogP contribution < -0.4 is 10.0 Å². The fourth-order valence-electron chi connectivity index (χ4n) is 5.58. The number of benzene rings is 3. The van der Waals surface area contributed by atoms with Crippen LogP contribution in [0.5, 0.6) is 0 Å². The maximum absolute atomic E-state index is 11.8. The van der Waals surface area contributed by atoms with Gasteiger partial charge in [-0.3, -0.25) is 4.90 Å². The van der Waals surface area contributed by atoms with E-state index in [1.807, 2.05) is 32.0 Å². The monoisotopic (exact) mass is 604 g/mol. The predicted molar refractivity (Wildman–Crippen MR) is 169 cm³/mol. The van der Waals surface area contributed by atoms with Gasteiger partial charge >= 0.3 is 0 Å². The Balaban J connectivity index is 1.25. The fraction of sp³-hybridized carbons (Fsp3) is 0.312. The van der Waals surface area contributed by atoms with Crippen molar-refractivity contribution in [1.82, 2.24) is 19.8 Å². The van der Waals surface area contributed by atoms with Gasteiger partial charge in [0.15, 0.2) is 0 Å². The van der Waals surface area contributed by atoms with Crippen LogP contribution in [-0.2, 0) is 10.0 Å². The molecule has 5 rings (SSSR count). The van der Waals surface area contributed by atoms with Gasteiger partial charge < -0.3 is 9.80 Å². The number of nitrogens with two attached hydrogens (primary N) is 1. The van der Waals surface area contributed by atoms with Gasteiger partial charge in [0.2, 0.25) is 16.0 Å². The summed E-state index contributed by atoms with van der Waals surface area (Å²) < 4.78 is 23.6. The van der Waals surface area contributed by atoms with E-state index in [1.165, 1.54) is 23.3 Å². The lowest BCUT2D eigenvalue weighted by molar-refractivity contribution is 0.109. The summed E-state index contributed by atoms with van der Waals surface area (Å²) in [6.07, 6.45) is 0.895. The maximum atomic E-state index is 11.8. The third-order valence-electron chi connectivity index (χ3n) is 7.62. The fourth-order valence-corrected chi connectivity index (χ4v) is 6.22. The summed E-state index contributed by atoms with van der Waals surface area (Å²) in [4.78, 5) is 16.6. The van der Waals surface area contributed by atoms with E-state index in [9.17, 15) is 8.42 Å². The van der Waals surface area contributed by atoms with Crippen molar-refractivity contribution in [3.63, 3.8) is 0 Å². The molecular weight excluding hydrogens is 568 g/mol. The minimum atomic E-state index is -3.77. The quantitative estimate of drug-likeness (QED) is 0.261. The second-order valence-corrected chi connectivity index (χ2v) is 12.7. The number of aryl methyl sites for hydroxylation is 2. The zero-order valence-electron chi connectivity index (χ0n) is 24.0. The average molecular weight is 605 g/mol. The molecule has 0 bridgehead atoms. The van der Waals surface area contributed by atoms with Crippen LogP contribution in [0.3, 0.4) is 0 Å². The topological polar surface area (TPSA) is 95.7 Å². The number of nitrogens with zero attached hydrogens (tertiary/aromatic N) is 5. The lowest BCUT2D eigenvalue weighted by Crippen LogP contribution is -2.48. The van der Waals surface area contributed by atoms with E-state index in [4.69, 9.17) is 16.7 Å². The molecular formula is C32H37ClN6O2S. The summed E-state index contributed by atoms with van der Waals surface area (Å²) in [5.74, 6) is 0.606. The summed E-state index contributed by atoms with van der Waals surface area (Å²) in [5.41, 5.74) is 5.12. The molecule has 1 atom stereocenters. The Morgan fingerprint density at radius 3 is 2.05 bits per heavy atom. The van der Waals surface area contributed by atoms with Crippen molar-refractivity contribution in [2.45, 2.75) is 31.2 Å². The van der Waals surface area contributed by atoms with Crippen LogP contribution in [0.15, 0.2) is 89.8 Å². The summed E-state index contributed by atoms with van der Waals surface area (Å²) in [6.45, 7) is 9.39. The summed E-state index contributed by atoms with van der Waals surface area (Å²) in [6, 6.07) is 27.6. The van der Waals surface area contributed by atoms with Gasteiger partial charge in [-0.15, -0.1) is 0 Å². The number of hydrogen-bond donors (Lipinski definition) is 1. The third-order valence-corrected chi connectivity index (χ3v) is 8.80. The standard InChI is InChI=1S/C32H37ClN6O2S/c1-24-23-25(2)36-32(35-24)39(29-13-15-30(16-14-29)42(34,40)41)18-6-17-37-19-21-38(22-20-37)31(26-7-4-3-5-8-26)27-9-11-28(33)12-10-27/h3-5,7-16,23,31H,6,17-22H2,1-2H3,(H2,34,40,41)/t31-/m1/s1. The Labute approximate surface area is 253 Å². The zero-order chi connectivity index (χ0) is 29.7. The van der Waals surface area contributed by atoms with Crippen LogP contribution in [-0.4, -0.2) is 67.5 Å². The van der Waals surface area contributed by atoms with Crippen molar-refractivity contribution >= 4 is 33.3 Å². The predicted octanol–water partition coefficient (Wildman–Crippen LogP) is 5.33. The number of halogens is 1. The molecule has 2 heterocycles. The number of piperazine rings is 1. The largest absolute Gasteiger partial charge is 0.310 e. The smallest absolute Gasteiger partial charge is 0.238 e. The number of aromatic nitrogens is 2. The van der Waals surface area contributed by atoms with Gasteiger partial charge in [-0.2, -0.15) is 0 Å². The van der Waals surface area contributed by atoms with Crippen LogP contribution in [0.2, 0.25) is 5.02 Å². The summed E-state index contributed by atoms with van der Waals surface area (Å²) >= 11 is 6.20. The van der Waals surface area contributed by atoms with E-state index in [-0.39, 0.29) is 10.9 Å². The van der Waals surface area contributed by atoms with Gasteiger partial charge in [-0.25, -0.2) is 23.5 Å². The van der Waals surface area contributed by atoms with Gasteiger partial charge in [0.05, 0.1) is 10.9 Å². The Bertz CT molecular complexity index is 1560. The zero-order valence-corrected chi connectivity index (χ0v) is 25.6. The molecule has 0 saturated carbocycles. The minimum Gasteiger partial charge on any atom is -0.310 e. The van der Waals surface area contributed by atoms with Crippen molar-refractivity contribution in [2.75, 3.05) is 44.2 Å². The summed E-state index contributed by atoms with van der Waals surface area (Å²) in [7, 11) is -3.77. The molecule has 4 aromatic rings. The molecule has 3 aromatic carbocycles. The van der Waals surface area contributed by atoms with Crippen molar-refractivity contribution in [3.05, 3.63) is 112 Å². The first-order valence-electron chi connectivity index (χ1n) is 14.2. The normalized spacial score (nSPS) is 15.4. The van der Waals surface area contributed by atoms with Gasteiger partial charge in [0.1, 0.15) is 0 Å². The Morgan fingerprint density at radius 2 is 1.45 bits per heavy atom. The SMILES string of the molecule is Cc1cc(C)nc(N(CCCN2CCN([C@H](c3ccccc3)c3ccc(Cl)cc3)CC2)c2ccc(S(N)(=O)=O)cc2)n1. The van der Waals surface area contributed by atoms with E-state index in [0.29, 0.717) is 12.5 Å². The lowest BCUT2D eigenvalue weighted by atomic mass is 9.96. The van der Waals surface area contributed by atoms with E-state index in [2.05, 4.69) is 67.1 Å². The molecule has 1 aliphatic rings. The molecule has 0 aliphatic carbocycles. The molecule has 0 amide bonds. The van der Waals surface area contributed by atoms with E-state index >= 15 is 0 Å². The molecule has 0 radical (unpaired) electrons. The Kier molecular flexibility index (Phi) is 9.55. The molecule has 8 nitrogen and oxygen atoms in total. The highest BCUT2D eigenvalue weighted by molar-refractivity contribution is 7.89. The third kappa shape index (κ3) is 7.53. The highest BCUT2D eigenvalue weighted by Gasteiger charge is 2.26. The van der Waals surface area contributed by atoms with Gasteiger partial charge in [-0.1, -0.05) is 54.1 Å². The molecule has 0 spiro atoms. The molecule has 1 aliphatic heterocycles. The second kappa shape index (κ2) is 13.3. The van der Waals surface area contributed by atoms with Crippen LogP contribution >= 0.6 is 11.6 Å². The molecule has 0 unspecified atom stereocenters. The van der Waals surface area contributed by atoms with Gasteiger partial charge in [-0.05, 0) is 80.4 Å². The molecule has 10 heteroatoms. The number of hydrogen-bond acceptors (Lipinski definition) is 7. The van der Waals surface area contributed by atoms with Crippen molar-refractivity contribution in [3.8, 4) is 0 Å². The highest BCUT2D eigenvalue weighted by Crippen LogP contribution is 2.31.